The second-order valence-corrected chi connectivity index (χ2v) is 20.8. The first-order valence-corrected chi connectivity index (χ1v) is 20.5. The number of anilines is 3. The van der Waals surface area contributed by atoms with Gasteiger partial charge in [-0.1, -0.05) is 151 Å². The van der Waals surface area contributed by atoms with Crippen LogP contribution < -0.4 is 4.90 Å². The molecule has 0 radical (unpaired) electrons. The molecule has 0 saturated carbocycles. The molecule has 1 aromatic heterocycles. The van der Waals surface area contributed by atoms with Crippen LogP contribution in [0.3, 0.4) is 0 Å². The third-order valence-electron chi connectivity index (χ3n) is 13.1. The van der Waals surface area contributed by atoms with E-state index < -0.39 is 0 Å². The van der Waals surface area contributed by atoms with Crippen LogP contribution in [-0.2, 0) is 27.1 Å². The fourth-order valence-corrected chi connectivity index (χ4v) is 9.52. The lowest BCUT2D eigenvalue weighted by molar-refractivity contribution is 0.584. The minimum atomic E-state index is -0.166. The van der Waals surface area contributed by atoms with Gasteiger partial charge in [0, 0.05) is 33.0 Å². The lowest BCUT2D eigenvalue weighted by atomic mass is 9.79. The summed E-state index contributed by atoms with van der Waals surface area (Å²) in [5, 5.41) is 2.33. The van der Waals surface area contributed by atoms with Crippen LogP contribution in [0.4, 0.5) is 17.1 Å². The van der Waals surface area contributed by atoms with Gasteiger partial charge in [-0.2, -0.15) is 0 Å². The maximum atomic E-state index is 7.01. The molecule has 1 heterocycles. The van der Waals surface area contributed by atoms with E-state index in [1.165, 1.54) is 66.6 Å². The van der Waals surface area contributed by atoms with Gasteiger partial charge in [0.2, 0.25) is 0 Å². The van der Waals surface area contributed by atoms with Crippen LogP contribution >= 0.6 is 0 Å². The Balaban J connectivity index is 1.33. The van der Waals surface area contributed by atoms with E-state index in [4.69, 9.17) is 4.42 Å². The van der Waals surface area contributed by atoms with E-state index in [0.717, 1.165) is 33.6 Å². The molecule has 0 saturated heterocycles. The Morgan fingerprint density at radius 1 is 0.429 bits per heavy atom. The number of furan rings is 1. The minimum Gasteiger partial charge on any atom is -0.454 e. The van der Waals surface area contributed by atoms with Crippen LogP contribution in [0.15, 0.2) is 114 Å². The molecule has 2 nitrogen and oxygen atoms in total. The van der Waals surface area contributed by atoms with Crippen molar-refractivity contribution in [2.45, 2.75) is 117 Å². The molecule has 0 N–H and O–H groups in total. The maximum absolute atomic E-state index is 7.01. The van der Waals surface area contributed by atoms with Crippen molar-refractivity contribution in [2.75, 3.05) is 4.90 Å². The summed E-state index contributed by atoms with van der Waals surface area (Å²) in [4.78, 5) is 2.49. The summed E-state index contributed by atoms with van der Waals surface area (Å²) in [5.74, 6) is 0. The fourth-order valence-electron chi connectivity index (χ4n) is 9.52. The van der Waals surface area contributed by atoms with Crippen molar-refractivity contribution in [2.24, 2.45) is 0 Å². The molecule has 2 heteroatoms. The van der Waals surface area contributed by atoms with E-state index in [1.807, 2.05) is 0 Å². The van der Waals surface area contributed by atoms with Gasteiger partial charge < -0.3 is 9.32 Å². The number of rotatable bonds is 3. The van der Waals surface area contributed by atoms with Crippen molar-refractivity contribution in [3.8, 4) is 22.3 Å². The van der Waals surface area contributed by atoms with Gasteiger partial charge >= 0.3 is 0 Å². The van der Waals surface area contributed by atoms with Gasteiger partial charge in [0.1, 0.15) is 5.58 Å². The molecule has 284 valence electrons. The summed E-state index contributed by atoms with van der Waals surface area (Å²) in [6.45, 7) is 30.3. The standard InChI is InChI=1S/C54H57NO/c1-50(2,3)32-19-25-48-41(26-32)42-27-34(52(7,8)9)29-47(49(42)56-48)55(35-20-23-39-37-16-14-15-17-43(37)53(10,11)45(39)30-35)36-21-24-40-38-22-18-33(51(4,5)6)28-44(38)54(12,13)46(40)31-36/h14-31H,1-13H3. The molecule has 0 bridgehead atoms. The molecule has 0 aliphatic heterocycles. The molecule has 0 amide bonds. The van der Waals surface area contributed by atoms with Gasteiger partial charge in [-0.25, -0.2) is 0 Å². The Labute approximate surface area is 334 Å². The van der Waals surface area contributed by atoms with Crippen LogP contribution in [0, 0.1) is 0 Å². The lowest BCUT2D eigenvalue weighted by Crippen LogP contribution is -2.19. The molecule has 0 fully saturated rings. The number of nitrogens with zero attached hydrogens (tertiary/aromatic N) is 1. The zero-order valence-corrected chi connectivity index (χ0v) is 35.7. The molecule has 7 aromatic rings. The van der Waals surface area contributed by atoms with Crippen LogP contribution in [0.1, 0.15) is 129 Å². The summed E-state index contributed by atoms with van der Waals surface area (Å²) in [5.41, 5.74) is 19.7. The Bertz CT molecular complexity index is 2750. The smallest absolute Gasteiger partial charge is 0.159 e. The zero-order chi connectivity index (χ0) is 39.9. The highest BCUT2D eigenvalue weighted by Gasteiger charge is 2.39. The SMILES string of the molecule is CC(C)(C)c1ccc2c(c1)C(C)(C)c1cc(N(c3ccc4c(c3)C(C)(C)c3ccccc3-4)c3cc(C(C)(C)C)cc4c3oc3ccc(C(C)(C)C)cc34)ccc1-2. The van der Waals surface area contributed by atoms with Gasteiger partial charge in [0.05, 0.1) is 5.69 Å². The highest BCUT2D eigenvalue weighted by atomic mass is 16.3. The van der Waals surface area contributed by atoms with E-state index in [1.54, 1.807) is 0 Å². The van der Waals surface area contributed by atoms with Crippen LogP contribution in [0.2, 0.25) is 0 Å². The Hall–Kier alpha value is -5.08. The average Bonchev–Trinajstić information content (AvgIpc) is 3.70. The number of fused-ring (bicyclic) bond motifs is 9. The molecule has 9 rings (SSSR count). The highest BCUT2D eigenvalue weighted by molar-refractivity contribution is 6.11. The quantitative estimate of drug-likeness (QED) is 0.180. The Morgan fingerprint density at radius 3 is 1.48 bits per heavy atom. The predicted octanol–water partition coefficient (Wildman–Crippen LogP) is 15.6. The van der Waals surface area contributed by atoms with Crippen molar-refractivity contribution in [1.82, 2.24) is 0 Å². The summed E-state index contributed by atoms with van der Waals surface area (Å²) in [6.07, 6.45) is 0. The fraction of sp³-hybridized carbons (Fsp3) is 0.333. The lowest BCUT2D eigenvalue weighted by Gasteiger charge is -2.31. The second kappa shape index (κ2) is 11.7. The zero-order valence-electron chi connectivity index (χ0n) is 35.7. The molecular formula is C54H57NO. The molecule has 2 aliphatic carbocycles. The van der Waals surface area contributed by atoms with Crippen molar-refractivity contribution < 1.29 is 4.42 Å². The van der Waals surface area contributed by atoms with Crippen molar-refractivity contribution in [3.05, 3.63) is 148 Å². The Morgan fingerprint density at radius 2 is 0.893 bits per heavy atom. The van der Waals surface area contributed by atoms with E-state index in [2.05, 4.69) is 204 Å². The third-order valence-corrected chi connectivity index (χ3v) is 13.1. The average molecular weight is 736 g/mol. The molecule has 0 unspecified atom stereocenters. The molecule has 6 aromatic carbocycles. The monoisotopic (exact) mass is 735 g/mol. The maximum Gasteiger partial charge on any atom is 0.159 e. The number of benzene rings is 6. The summed E-state index contributed by atoms with van der Waals surface area (Å²) in [6, 6.07) is 41.9. The molecule has 2 aliphatic rings. The molecular weight excluding hydrogens is 679 g/mol. The van der Waals surface area contributed by atoms with Crippen molar-refractivity contribution in [1.29, 1.82) is 0 Å². The first kappa shape index (κ1) is 36.6. The molecule has 0 atom stereocenters. The third kappa shape index (κ3) is 5.42. The number of hydrogen-bond acceptors (Lipinski definition) is 2. The minimum absolute atomic E-state index is 0.0194. The number of hydrogen-bond donors (Lipinski definition) is 0. The summed E-state index contributed by atoms with van der Waals surface area (Å²) >= 11 is 0. The van der Waals surface area contributed by atoms with Gasteiger partial charge in [0.25, 0.3) is 0 Å². The van der Waals surface area contributed by atoms with E-state index >= 15 is 0 Å². The Kier molecular flexibility index (Phi) is 7.66. The largest absolute Gasteiger partial charge is 0.454 e. The van der Waals surface area contributed by atoms with E-state index in [9.17, 15) is 0 Å². The second-order valence-electron chi connectivity index (χ2n) is 20.8. The highest BCUT2D eigenvalue weighted by Crippen LogP contribution is 2.55. The normalized spacial score (nSPS) is 15.5. The summed E-state index contributed by atoms with van der Waals surface area (Å²) in [7, 11) is 0. The van der Waals surface area contributed by atoms with Gasteiger partial charge in [-0.3, -0.25) is 0 Å². The molecule has 0 spiro atoms. The van der Waals surface area contributed by atoms with Crippen molar-refractivity contribution >= 4 is 39.0 Å². The first-order chi connectivity index (χ1) is 26.2. The van der Waals surface area contributed by atoms with Crippen molar-refractivity contribution in [3.63, 3.8) is 0 Å². The van der Waals surface area contributed by atoms with E-state index in [-0.39, 0.29) is 27.1 Å². The molecule has 56 heavy (non-hydrogen) atoms. The van der Waals surface area contributed by atoms with Gasteiger partial charge in [-0.15, -0.1) is 0 Å². The van der Waals surface area contributed by atoms with Gasteiger partial charge in [0.15, 0.2) is 5.58 Å². The van der Waals surface area contributed by atoms with Crippen LogP contribution in [0.25, 0.3) is 44.2 Å². The topological polar surface area (TPSA) is 16.4 Å². The first-order valence-electron chi connectivity index (χ1n) is 20.5. The predicted molar refractivity (Wildman–Crippen MR) is 240 cm³/mol. The van der Waals surface area contributed by atoms with Gasteiger partial charge in [-0.05, 0) is 126 Å². The van der Waals surface area contributed by atoms with Crippen LogP contribution in [-0.4, -0.2) is 0 Å². The van der Waals surface area contributed by atoms with E-state index in [0.29, 0.717) is 0 Å². The summed E-state index contributed by atoms with van der Waals surface area (Å²) < 4.78 is 7.01. The van der Waals surface area contributed by atoms with Crippen LogP contribution in [0.5, 0.6) is 0 Å².